The van der Waals surface area contributed by atoms with E-state index in [1.807, 2.05) is 19.9 Å². The Morgan fingerprint density at radius 1 is 1.40 bits per heavy atom. The largest absolute Gasteiger partial charge is 0.508 e. The van der Waals surface area contributed by atoms with Crippen LogP contribution < -0.4 is 5.73 Å². The first-order valence-corrected chi connectivity index (χ1v) is 5.52. The van der Waals surface area contributed by atoms with Gasteiger partial charge >= 0.3 is 0 Å². The van der Waals surface area contributed by atoms with Crippen molar-refractivity contribution in [2.75, 3.05) is 0 Å². The van der Waals surface area contributed by atoms with Crippen LogP contribution in [-0.2, 0) is 5.41 Å². The summed E-state index contributed by atoms with van der Waals surface area (Å²) in [5.41, 5.74) is 6.64. The van der Waals surface area contributed by atoms with Gasteiger partial charge in [0.25, 0.3) is 0 Å². The molecular weight excluding hydrogens is 210 g/mol. The lowest BCUT2D eigenvalue weighted by atomic mass is 9.79. The van der Waals surface area contributed by atoms with Crippen LogP contribution in [0, 0.1) is 0 Å². The number of halogens is 1. The molecule has 1 aromatic carbocycles. The Morgan fingerprint density at radius 2 is 2.00 bits per heavy atom. The minimum Gasteiger partial charge on any atom is -0.508 e. The highest BCUT2D eigenvalue weighted by atomic mass is 35.5. The minimum absolute atomic E-state index is 0.0953. The smallest absolute Gasteiger partial charge is 0.119 e. The number of benzene rings is 1. The Labute approximate surface area is 95.1 Å². The molecular formula is C12H16ClNO. The van der Waals surface area contributed by atoms with Crippen LogP contribution in [0.4, 0.5) is 0 Å². The lowest BCUT2D eigenvalue weighted by molar-refractivity contribution is 0.372. The second-order valence-corrected chi connectivity index (χ2v) is 5.40. The highest BCUT2D eigenvalue weighted by Crippen LogP contribution is 2.57. The zero-order valence-corrected chi connectivity index (χ0v) is 9.80. The summed E-state index contributed by atoms with van der Waals surface area (Å²) < 4.78 is 0. The molecule has 0 unspecified atom stereocenters. The van der Waals surface area contributed by atoms with Gasteiger partial charge in [-0.3, -0.25) is 0 Å². The van der Waals surface area contributed by atoms with Crippen molar-refractivity contribution in [1.29, 1.82) is 0 Å². The first kappa shape index (κ1) is 10.8. The highest BCUT2D eigenvalue weighted by molar-refractivity contribution is 6.30. The normalized spacial score (nSPS) is 18.9. The average Bonchev–Trinajstić information content (AvgIpc) is 2.88. The van der Waals surface area contributed by atoms with Gasteiger partial charge in [-0.15, -0.1) is 0 Å². The van der Waals surface area contributed by atoms with Crippen molar-refractivity contribution >= 4 is 11.6 Å². The number of phenolic OH excluding ortho intramolecular Hbond substituents is 1. The molecule has 1 fully saturated rings. The Morgan fingerprint density at radius 3 is 2.47 bits per heavy atom. The van der Waals surface area contributed by atoms with Crippen LogP contribution >= 0.6 is 11.6 Å². The average molecular weight is 226 g/mol. The lowest BCUT2D eigenvalue weighted by Gasteiger charge is -2.31. The summed E-state index contributed by atoms with van der Waals surface area (Å²) in [6, 6.07) is 5.17. The van der Waals surface area contributed by atoms with Crippen molar-refractivity contribution in [3.05, 3.63) is 28.8 Å². The molecule has 1 saturated carbocycles. The number of aromatic hydroxyl groups is 1. The van der Waals surface area contributed by atoms with E-state index in [4.69, 9.17) is 17.3 Å². The molecule has 2 rings (SSSR count). The molecule has 3 heteroatoms. The summed E-state index contributed by atoms with van der Waals surface area (Å²) in [4.78, 5) is 0. The van der Waals surface area contributed by atoms with Crippen LogP contribution in [-0.4, -0.2) is 10.6 Å². The molecule has 0 heterocycles. The summed E-state index contributed by atoms with van der Waals surface area (Å²) in [7, 11) is 0. The van der Waals surface area contributed by atoms with Gasteiger partial charge in [-0.25, -0.2) is 0 Å². The van der Waals surface area contributed by atoms with Gasteiger partial charge in [0.15, 0.2) is 0 Å². The standard InChI is InChI=1S/C12H16ClNO/c1-11(2,14)12(5-6-12)9-7-8(13)3-4-10(9)15/h3-4,7,15H,5-6,14H2,1-2H3. The van der Waals surface area contributed by atoms with Crippen molar-refractivity contribution in [3.63, 3.8) is 0 Å². The van der Waals surface area contributed by atoms with E-state index < -0.39 is 0 Å². The van der Waals surface area contributed by atoms with Crippen LogP contribution in [0.2, 0.25) is 5.02 Å². The summed E-state index contributed by atoms with van der Waals surface area (Å²) in [6.45, 7) is 4.00. The van der Waals surface area contributed by atoms with E-state index in [0.717, 1.165) is 18.4 Å². The van der Waals surface area contributed by atoms with Gasteiger partial charge < -0.3 is 10.8 Å². The molecule has 0 bridgehead atoms. The highest BCUT2D eigenvalue weighted by Gasteiger charge is 2.54. The SMILES string of the molecule is CC(C)(N)C1(c2cc(Cl)ccc2O)CC1. The van der Waals surface area contributed by atoms with Gasteiger partial charge in [0.1, 0.15) is 5.75 Å². The van der Waals surface area contributed by atoms with Crippen molar-refractivity contribution in [2.45, 2.75) is 37.6 Å². The third-order valence-corrected chi connectivity index (χ3v) is 3.69. The first-order valence-electron chi connectivity index (χ1n) is 5.15. The van der Waals surface area contributed by atoms with E-state index >= 15 is 0 Å². The molecule has 15 heavy (non-hydrogen) atoms. The molecule has 1 aliphatic rings. The van der Waals surface area contributed by atoms with Gasteiger partial charge in [-0.05, 0) is 44.9 Å². The fraction of sp³-hybridized carbons (Fsp3) is 0.500. The van der Waals surface area contributed by atoms with Crippen molar-refractivity contribution < 1.29 is 5.11 Å². The van der Waals surface area contributed by atoms with E-state index in [9.17, 15) is 5.11 Å². The van der Waals surface area contributed by atoms with E-state index in [1.165, 1.54) is 0 Å². The van der Waals surface area contributed by atoms with Crippen molar-refractivity contribution in [2.24, 2.45) is 5.73 Å². The van der Waals surface area contributed by atoms with Gasteiger partial charge in [0, 0.05) is 21.5 Å². The predicted molar refractivity (Wildman–Crippen MR) is 62.3 cm³/mol. The second kappa shape index (κ2) is 3.13. The quantitative estimate of drug-likeness (QED) is 0.813. The number of rotatable bonds is 2. The summed E-state index contributed by atoms with van der Waals surface area (Å²) in [5, 5.41) is 10.5. The van der Waals surface area contributed by atoms with Crippen LogP contribution in [0.15, 0.2) is 18.2 Å². The maximum absolute atomic E-state index is 9.86. The van der Waals surface area contributed by atoms with E-state index in [2.05, 4.69) is 0 Å². The minimum atomic E-state index is -0.324. The van der Waals surface area contributed by atoms with Gasteiger partial charge in [-0.1, -0.05) is 11.6 Å². The molecule has 82 valence electrons. The molecule has 0 radical (unpaired) electrons. The monoisotopic (exact) mass is 225 g/mol. The number of nitrogens with two attached hydrogens (primary N) is 1. The Balaban J connectivity index is 2.50. The van der Waals surface area contributed by atoms with Gasteiger partial charge in [-0.2, -0.15) is 0 Å². The first-order chi connectivity index (χ1) is 6.87. The zero-order chi connectivity index (χ0) is 11.3. The zero-order valence-electron chi connectivity index (χ0n) is 9.05. The molecule has 1 aliphatic carbocycles. The molecule has 0 atom stereocenters. The van der Waals surface area contributed by atoms with Crippen LogP contribution in [0.25, 0.3) is 0 Å². The molecule has 1 aromatic rings. The Kier molecular flexibility index (Phi) is 2.25. The lowest BCUT2D eigenvalue weighted by Crippen LogP contribution is -2.45. The number of hydrogen-bond acceptors (Lipinski definition) is 2. The Hall–Kier alpha value is -0.730. The summed E-state index contributed by atoms with van der Waals surface area (Å²) >= 11 is 5.95. The third kappa shape index (κ3) is 1.62. The van der Waals surface area contributed by atoms with Crippen LogP contribution in [0.5, 0.6) is 5.75 Å². The number of hydrogen-bond donors (Lipinski definition) is 2. The molecule has 0 saturated heterocycles. The predicted octanol–water partition coefficient (Wildman–Crippen LogP) is 2.81. The Bertz CT molecular complexity index is 391. The fourth-order valence-electron chi connectivity index (χ4n) is 2.28. The number of phenols is 1. The topological polar surface area (TPSA) is 46.2 Å². The van der Waals surface area contributed by atoms with E-state index in [-0.39, 0.29) is 11.0 Å². The summed E-state index contributed by atoms with van der Waals surface area (Å²) in [5.74, 6) is 0.301. The second-order valence-electron chi connectivity index (χ2n) is 4.97. The molecule has 2 nitrogen and oxygen atoms in total. The molecule has 3 N–H and O–H groups in total. The van der Waals surface area contributed by atoms with Gasteiger partial charge in [0.2, 0.25) is 0 Å². The molecule has 0 aromatic heterocycles. The molecule has 0 aliphatic heterocycles. The van der Waals surface area contributed by atoms with Gasteiger partial charge in [0.05, 0.1) is 0 Å². The van der Waals surface area contributed by atoms with E-state index in [1.54, 1.807) is 12.1 Å². The molecule has 0 amide bonds. The fourth-order valence-corrected chi connectivity index (χ4v) is 2.45. The van der Waals surface area contributed by atoms with Crippen LogP contribution in [0.3, 0.4) is 0 Å². The van der Waals surface area contributed by atoms with Crippen LogP contribution in [0.1, 0.15) is 32.3 Å². The summed E-state index contributed by atoms with van der Waals surface area (Å²) in [6.07, 6.45) is 2.04. The third-order valence-electron chi connectivity index (χ3n) is 3.46. The van der Waals surface area contributed by atoms with E-state index in [0.29, 0.717) is 10.8 Å². The van der Waals surface area contributed by atoms with Crippen molar-refractivity contribution in [1.82, 2.24) is 0 Å². The molecule has 0 spiro atoms. The maximum atomic E-state index is 9.86. The maximum Gasteiger partial charge on any atom is 0.119 e. The van der Waals surface area contributed by atoms with Crippen molar-refractivity contribution in [3.8, 4) is 5.75 Å².